The second kappa shape index (κ2) is 11.9. The molecule has 6 rings (SSSR count). The minimum atomic E-state index is -5.19. The SMILES string of the molecule is O=C(Cc1ccc(C(F)(F)F)cc1C(F)(F)F)N(Cc1nnc(-c2ncc(N3Cc4ccccc4C3=O)cn2)o1)c1ccc(F)cc1. The Morgan fingerprint density at radius 2 is 1.60 bits per heavy atom. The van der Waals surface area contributed by atoms with Crippen molar-refractivity contribution >= 4 is 23.2 Å². The number of amides is 2. The lowest BCUT2D eigenvalue weighted by Crippen LogP contribution is -2.32. The second-order valence-electron chi connectivity index (χ2n) is 10.3. The molecule has 0 spiro atoms. The quantitative estimate of drug-likeness (QED) is 0.181. The van der Waals surface area contributed by atoms with Gasteiger partial charge in [-0.05, 0) is 53.6 Å². The maximum Gasteiger partial charge on any atom is 0.416 e. The standard InChI is InChI=1S/C31H19F7N6O3/c32-20-7-9-21(10-8-20)43(26(45)11-17-5-6-19(30(33,34)35)12-24(17)31(36,37)38)16-25-41-42-28(47-25)27-39-13-22(14-40-27)44-15-18-3-1-2-4-23(18)29(44)46/h1-10,12-14H,11,15-16H2. The van der Waals surface area contributed by atoms with Crippen molar-refractivity contribution in [3.8, 4) is 11.7 Å². The number of hydrogen-bond donors (Lipinski definition) is 0. The molecule has 0 unspecified atom stereocenters. The molecule has 1 aliphatic heterocycles. The maximum absolute atomic E-state index is 13.7. The molecule has 240 valence electrons. The molecule has 0 bridgehead atoms. The van der Waals surface area contributed by atoms with Crippen LogP contribution in [0.25, 0.3) is 11.7 Å². The van der Waals surface area contributed by atoms with E-state index in [4.69, 9.17) is 4.42 Å². The molecule has 0 saturated heterocycles. The molecular weight excluding hydrogens is 637 g/mol. The number of halogens is 7. The van der Waals surface area contributed by atoms with Crippen LogP contribution in [-0.2, 0) is 36.7 Å². The highest BCUT2D eigenvalue weighted by Gasteiger charge is 2.39. The summed E-state index contributed by atoms with van der Waals surface area (Å²) in [5.41, 5.74) is -2.01. The fourth-order valence-electron chi connectivity index (χ4n) is 4.95. The van der Waals surface area contributed by atoms with Gasteiger partial charge in [0.1, 0.15) is 12.4 Å². The number of nitrogens with zero attached hydrogens (tertiary/aromatic N) is 6. The molecule has 16 heteroatoms. The van der Waals surface area contributed by atoms with Gasteiger partial charge in [0.15, 0.2) is 0 Å². The van der Waals surface area contributed by atoms with Crippen molar-refractivity contribution < 1.29 is 44.7 Å². The van der Waals surface area contributed by atoms with Crippen LogP contribution in [0, 0.1) is 5.82 Å². The van der Waals surface area contributed by atoms with Gasteiger partial charge in [-0.15, -0.1) is 10.2 Å². The van der Waals surface area contributed by atoms with Crippen LogP contribution in [0.15, 0.2) is 83.5 Å². The molecule has 0 saturated carbocycles. The molecule has 3 heterocycles. The van der Waals surface area contributed by atoms with Gasteiger partial charge in [0.05, 0.1) is 42.2 Å². The first-order chi connectivity index (χ1) is 22.3. The van der Waals surface area contributed by atoms with Gasteiger partial charge in [-0.3, -0.25) is 9.59 Å². The summed E-state index contributed by atoms with van der Waals surface area (Å²) >= 11 is 0. The topological polar surface area (TPSA) is 105 Å². The molecule has 9 nitrogen and oxygen atoms in total. The van der Waals surface area contributed by atoms with Crippen molar-refractivity contribution in [1.82, 2.24) is 20.2 Å². The summed E-state index contributed by atoms with van der Waals surface area (Å²) in [4.78, 5) is 37.0. The van der Waals surface area contributed by atoms with E-state index in [1.54, 1.807) is 12.1 Å². The lowest BCUT2D eigenvalue weighted by atomic mass is 10.00. The third kappa shape index (κ3) is 6.52. The van der Waals surface area contributed by atoms with Crippen molar-refractivity contribution in [2.24, 2.45) is 0 Å². The van der Waals surface area contributed by atoms with Crippen LogP contribution in [0.3, 0.4) is 0 Å². The van der Waals surface area contributed by atoms with Gasteiger partial charge < -0.3 is 14.2 Å². The Hall–Kier alpha value is -5.67. The third-order valence-electron chi connectivity index (χ3n) is 7.25. The minimum absolute atomic E-state index is 0.0316. The Morgan fingerprint density at radius 1 is 0.894 bits per heavy atom. The number of benzene rings is 3. The Bertz CT molecular complexity index is 1960. The Labute approximate surface area is 260 Å². The Morgan fingerprint density at radius 3 is 2.26 bits per heavy atom. The molecule has 0 atom stereocenters. The summed E-state index contributed by atoms with van der Waals surface area (Å²) < 4.78 is 99.9. The van der Waals surface area contributed by atoms with Crippen LogP contribution in [0.2, 0.25) is 0 Å². The lowest BCUT2D eigenvalue weighted by Gasteiger charge is -2.23. The number of hydrogen-bond acceptors (Lipinski definition) is 7. The van der Waals surface area contributed by atoms with Crippen molar-refractivity contribution in [2.75, 3.05) is 9.80 Å². The van der Waals surface area contributed by atoms with E-state index in [1.165, 1.54) is 29.4 Å². The van der Waals surface area contributed by atoms with E-state index >= 15 is 0 Å². The van der Waals surface area contributed by atoms with Gasteiger partial charge in [0, 0.05) is 11.3 Å². The van der Waals surface area contributed by atoms with E-state index in [0.29, 0.717) is 29.9 Å². The number of anilines is 2. The Kier molecular flexibility index (Phi) is 7.95. The molecule has 0 N–H and O–H groups in total. The van der Waals surface area contributed by atoms with Crippen LogP contribution < -0.4 is 9.80 Å². The van der Waals surface area contributed by atoms with Gasteiger partial charge in [0.2, 0.25) is 17.6 Å². The van der Waals surface area contributed by atoms with Crippen LogP contribution in [-0.4, -0.2) is 32.0 Å². The number of alkyl halides is 6. The predicted octanol–water partition coefficient (Wildman–Crippen LogP) is 6.64. The first-order valence-electron chi connectivity index (χ1n) is 13.7. The zero-order valence-electron chi connectivity index (χ0n) is 23.7. The second-order valence-corrected chi connectivity index (χ2v) is 10.3. The highest BCUT2D eigenvalue weighted by Crippen LogP contribution is 2.38. The number of aromatic nitrogens is 4. The van der Waals surface area contributed by atoms with E-state index in [1.807, 2.05) is 12.1 Å². The molecule has 5 aromatic rings. The van der Waals surface area contributed by atoms with Gasteiger partial charge >= 0.3 is 12.4 Å². The molecular formula is C31H19F7N6O3. The van der Waals surface area contributed by atoms with Crippen LogP contribution in [0.1, 0.15) is 38.5 Å². The fourth-order valence-corrected chi connectivity index (χ4v) is 4.95. The summed E-state index contributed by atoms with van der Waals surface area (Å²) in [5.74, 6) is -2.30. The number of carbonyl (C=O) groups excluding carboxylic acids is 2. The molecule has 0 aliphatic carbocycles. The monoisotopic (exact) mass is 656 g/mol. The largest absolute Gasteiger partial charge is 0.416 e. The zero-order valence-corrected chi connectivity index (χ0v) is 23.7. The number of rotatable bonds is 7. The van der Waals surface area contributed by atoms with Gasteiger partial charge in [-0.1, -0.05) is 24.3 Å². The summed E-state index contributed by atoms with van der Waals surface area (Å²) in [6.45, 7) is -0.176. The summed E-state index contributed by atoms with van der Waals surface area (Å²) in [7, 11) is 0. The van der Waals surface area contributed by atoms with Gasteiger partial charge in [0.25, 0.3) is 11.8 Å². The molecule has 47 heavy (non-hydrogen) atoms. The highest BCUT2D eigenvalue weighted by molar-refractivity contribution is 6.09. The van der Waals surface area contributed by atoms with Crippen molar-refractivity contribution in [3.05, 3.63) is 119 Å². The van der Waals surface area contributed by atoms with E-state index < -0.39 is 53.7 Å². The minimum Gasteiger partial charge on any atom is -0.416 e. The normalized spacial score (nSPS) is 13.2. The van der Waals surface area contributed by atoms with Crippen LogP contribution >= 0.6 is 0 Å². The Balaban J connectivity index is 1.24. The maximum atomic E-state index is 13.7. The first-order valence-corrected chi connectivity index (χ1v) is 13.7. The van der Waals surface area contributed by atoms with Crippen LogP contribution in [0.4, 0.5) is 42.1 Å². The summed E-state index contributed by atoms with van der Waals surface area (Å²) in [6, 6.07) is 12.5. The van der Waals surface area contributed by atoms with E-state index in [9.17, 15) is 40.3 Å². The average Bonchev–Trinajstić information content (AvgIpc) is 3.64. The lowest BCUT2D eigenvalue weighted by molar-refractivity contribution is -0.143. The highest BCUT2D eigenvalue weighted by atomic mass is 19.4. The number of fused-ring (bicyclic) bond motifs is 1. The smallest absolute Gasteiger partial charge is 0.416 e. The van der Waals surface area contributed by atoms with E-state index in [-0.39, 0.29) is 35.3 Å². The predicted molar refractivity (Wildman–Crippen MR) is 150 cm³/mol. The van der Waals surface area contributed by atoms with Gasteiger partial charge in [-0.2, -0.15) is 26.3 Å². The summed E-state index contributed by atoms with van der Waals surface area (Å²) in [5, 5.41) is 7.73. The summed E-state index contributed by atoms with van der Waals surface area (Å²) in [6.07, 6.45) is -8.44. The average molecular weight is 657 g/mol. The van der Waals surface area contributed by atoms with Crippen LogP contribution in [0.5, 0.6) is 0 Å². The van der Waals surface area contributed by atoms with Crippen molar-refractivity contribution in [1.29, 1.82) is 0 Å². The van der Waals surface area contributed by atoms with E-state index in [2.05, 4.69) is 20.2 Å². The number of carbonyl (C=O) groups is 2. The molecule has 2 aromatic heterocycles. The van der Waals surface area contributed by atoms with E-state index in [0.717, 1.165) is 22.6 Å². The molecule has 1 aliphatic rings. The zero-order chi connectivity index (χ0) is 33.5. The molecule has 3 aromatic carbocycles. The fraction of sp³-hybridized carbons (Fsp3) is 0.161. The first kappa shape index (κ1) is 31.3. The van der Waals surface area contributed by atoms with Crippen molar-refractivity contribution in [2.45, 2.75) is 31.9 Å². The molecule has 0 fully saturated rings. The molecule has 0 radical (unpaired) electrons. The van der Waals surface area contributed by atoms with Crippen molar-refractivity contribution in [3.63, 3.8) is 0 Å². The molecule has 2 amide bonds. The third-order valence-corrected chi connectivity index (χ3v) is 7.25. The van der Waals surface area contributed by atoms with Gasteiger partial charge in [-0.25, -0.2) is 14.4 Å².